The van der Waals surface area contributed by atoms with E-state index in [9.17, 15) is 0 Å². The van der Waals surface area contributed by atoms with E-state index in [0.29, 0.717) is 0 Å². The molecule has 0 aliphatic carbocycles. The summed E-state index contributed by atoms with van der Waals surface area (Å²) in [5, 5.41) is 0. The van der Waals surface area contributed by atoms with E-state index < -0.39 is 0 Å². The van der Waals surface area contributed by atoms with Crippen molar-refractivity contribution in [2.24, 2.45) is 0 Å². The molecule has 3 aliphatic heterocycles. The van der Waals surface area contributed by atoms with Crippen molar-refractivity contribution in [3.8, 4) is 0 Å². The van der Waals surface area contributed by atoms with Crippen LogP contribution in [-0.4, -0.2) is 173 Å². The molecule has 0 aromatic rings. The molecule has 0 amide bonds. The van der Waals surface area contributed by atoms with Crippen molar-refractivity contribution in [2.45, 2.75) is 156 Å². The fourth-order valence-corrected chi connectivity index (χ4v) is 1.53. The summed E-state index contributed by atoms with van der Waals surface area (Å²) < 4.78 is 14.8. The molecule has 3 saturated heterocycles. The zero-order chi connectivity index (χ0) is 32.1. The van der Waals surface area contributed by atoms with Crippen LogP contribution < -0.4 is 0 Å². The quantitative estimate of drug-likeness (QED) is 0.227. The van der Waals surface area contributed by atoms with Crippen molar-refractivity contribution in [1.82, 2.24) is 0 Å². The van der Waals surface area contributed by atoms with E-state index in [1.54, 1.807) is 0 Å². The Morgan fingerprint density at radius 3 is 0.357 bits per heavy atom. The molecule has 3 heterocycles. The smallest absolute Gasteiger partial charge is 0.0466 e. The molecule has 3 rings (SSSR count). The summed E-state index contributed by atoms with van der Waals surface area (Å²) >= 11 is 0. The van der Waals surface area contributed by atoms with Gasteiger partial charge >= 0.3 is 0 Å². The summed E-state index contributed by atoms with van der Waals surface area (Å²) in [5.74, 6) is 0. The average Bonchev–Trinajstić information content (AvgIpc) is 3.54. The second-order valence-corrected chi connectivity index (χ2v) is 31.0. The SMILES string of the molecule is C1CCOC1.C1CCOC1.C1CCOC1.C[Si](C)C.C[Si](C)C.C[Si](C)C.C[Si](C)C.C[Si](C)C.C[Si](C)C.[Ge].[Ge].[Sr]. The van der Waals surface area contributed by atoms with Gasteiger partial charge in [0.25, 0.3) is 0 Å². The number of hydrogen-bond acceptors (Lipinski definition) is 3. The minimum Gasteiger partial charge on any atom is -0.381 e. The van der Waals surface area contributed by atoms with Gasteiger partial charge in [-0.1, -0.05) is 118 Å². The molecule has 0 saturated carbocycles. The van der Waals surface area contributed by atoms with Crippen molar-refractivity contribution >= 4 is 133 Å². The standard InChI is InChI=1S/3C4H8O.6C3H9Si.2Ge.Sr/c3*1-2-4-5-3-1;6*1-4(2)3;;;/h3*1-4H2;6*1-3H3;;;. The first-order valence-corrected chi connectivity index (χ1v) is 33.2. The van der Waals surface area contributed by atoms with E-state index in [2.05, 4.69) is 118 Å². The van der Waals surface area contributed by atoms with Crippen LogP contribution in [0.2, 0.25) is 118 Å². The van der Waals surface area contributed by atoms with Crippen LogP contribution in [0.15, 0.2) is 0 Å². The van der Waals surface area contributed by atoms with Crippen LogP contribution in [-0.2, 0) is 14.2 Å². The van der Waals surface area contributed by atoms with Crippen molar-refractivity contribution in [3.63, 3.8) is 0 Å². The van der Waals surface area contributed by atoms with Crippen LogP contribution >= 0.6 is 0 Å². The zero-order valence-electron chi connectivity index (χ0n) is 32.4. The van der Waals surface area contributed by atoms with Gasteiger partial charge in [-0.15, -0.1) is 0 Å². The molecule has 0 atom stereocenters. The Hall–Kier alpha value is 3.75. The van der Waals surface area contributed by atoms with E-state index >= 15 is 0 Å². The largest absolute Gasteiger partial charge is 0.381 e. The average molecular weight is 888 g/mol. The molecule has 3 fully saturated rings. The van der Waals surface area contributed by atoms with Crippen molar-refractivity contribution < 1.29 is 14.2 Å². The maximum Gasteiger partial charge on any atom is 0.0466 e. The summed E-state index contributed by atoms with van der Waals surface area (Å²) in [7, 11) is 0.722. The third kappa shape index (κ3) is 227. The molecule has 0 spiro atoms. The Bertz CT molecular complexity index is 256. The molecule has 0 bridgehead atoms. The Kier molecular flexibility index (Phi) is 102. The molecule has 0 unspecified atom stereocenters. The Morgan fingerprint density at radius 1 is 0.262 bits per heavy atom. The molecule has 0 aromatic heterocycles. The maximum absolute atomic E-state index is 4.94. The summed E-state index contributed by atoms with van der Waals surface area (Å²) in [6, 6.07) is 0. The minimum atomic E-state index is 0. The van der Waals surface area contributed by atoms with Crippen molar-refractivity contribution in [3.05, 3.63) is 0 Å². The number of ether oxygens (including phenoxy) is 3. The van der Waals surface area contributed by atoms with Crippen LogP contribution in [0.3, 0.4) is 0 Å². The molecule has 12 heteroatoms. The van der Waals surface area contributed by atoms with Crippen molar-refractivity contribution in [2.75, 3.05) is 39.6 Å². The minimum absolute atomic E-state index is 0. The van der Waals surface area contributed by atoms with E-state index in [1.807, 2.05) is 0 Å². The van der Waals surface area contributed by atoms with Gasteiger partial charge in [-0.2, -0.15) is 0 Å². The molecule has 0 aromatic carbocycles. The van der Waals surface area contributed by atoms with Crippen LogP contribution in [0.1, 0.15) is 38.5 Å². The maximum atomic E-state index is 4.94. The van der Waals surface area contributed by atoms with Crippen LogP contribution in [0.4, 0.5) is 0 Å². The second-order valence-electron chi connectivity index (χ2n) is 13.0. The first kappa shape index (κ1) is 67.8. The van der Waals surface area contributed by atoms with Crippen LogP contribution in [0, 0.1) is 0 Å². The molecule has 16 radical (unpaired) electrons. The summed E-state index contributed by atoms with van der Waals surface area (Å²) in [6.07, 6.45) is 7.67. The number of hydrogen-bond donors (Lipinski definition) is 0. The van der Waals surface area contributed by atoms with Gasteiger partial charge in [-0.25, -0.2) is 0 Å². The molecular formula is C30H78Ge2O3Si6Sr. The monoisotopic (exact) mass is 890 g/mol. The fraction of sp³-hybridized carbons (Fsp3) is 1.00. The first-order chi connectivity index (χ1) is 17.9. The van der Waals surface area contributed by atoms with Crippen LogP contribution in [0.5, 0.6) is 0 Å². The van der Waals surface area contributed by atoms with Crippen LogP contribution in [0.25, 0.3) is 0 Å². The summed E-state index contributed by atoms with van der Waals surface area (Å²) in [6.45, 7) is 46.8. The van der Waals surface area contributed by atoms with Gasteiger partial charge in [0.1, 0.15) is 0 Å². The third-order valence-electron chi connectivity index (χ3n) is 2.48. The zero-order valence-corrected chi connectivity index (χ0v) is 46.1. The van der Waals surface area contributed by atoms with Gasteiger partial charge in [0.2, 0.25) is 0 Å². The first-order valence-electron chi connectivity index (χ1n) is 15.2. The van der Waals surface area contributed by atoms with Gasteiger partial charge in [0, 0.05) is 173 Å². The summed E-state index contributed by atoms with van der Waals surface area (Å²) in [5.41, 5.74) is 0. The molecular weight excluding hydrogens is 810 g/mol. The van der Waals surface area contributed by atoms with Gasteiger partial charge in [-0.05, 0) is 38.5 Å². The topological polar surface area (TPSA) is 27.7 Å². The van der Waals surface area contributed by atoms with E-state index in [-0.39, 0.29) is 133 Å². The predicted molar refractivity (Wildman–Crippen MR) is 217 cm³/mol. The Balaban J connectivity index is -0.0000000414. The van der Waals surface area contributed by atoms with Gasteiger partial charge in [0.15, 0.2) is 0 Å². The second kappa shape index (κ2) is 63.4. The molecule has 250 valence electrons. The Morgan fingerprint density at radius 2 is 0.333 bits per heavy atom. The third-order valence-corrected chi connectivity index (χ3v) is 2.48. The number of rotatable bonds is 0. The van der Waals surface area contributed by atoms with Crippen molar-refractivity contribution in [1.29, 1.82) is 0 Å². The summed E-state index contributed by atoms with van der Waals surface area (Å²) in [4.78, 5) is 0. The van der Waals surface area contributed by atoms with E-state index in [1.165, 1.54) is 38.5 Å². The predicted octanol–water partition coefficient (Wildman–Crippen LogP) is 9.47. The molecule has 3 nitrogen and oxygen atoms in total. The molecule has 3 aliphatic rings. The van der Waals surface area contributed by atoms with E-state index in [4.69, 9.17) is 14.2 Å². The van der Waals surface area contributed by atoms with E-state index in [0.717, 1.165) is 39.6 Å². The Labute approximate surface area is 339 Å². The normalized spacial score (nSPS) is 13.7. The van der Waals surface area contributed by atoms with Gasteiger partial charge < -0.3 is 14.2 Å². The molecule has 0 N–H and O–H groups in total. The fourth-order valence-electron chi connectivity index (χ4n) is 1.53. The molecule has 42 heavy (non-hydrogen) atoms. The van der Waals surface area contributed by atoms with Gasteiger partial charge in [0.05, 0.1) is 0 Å². The van der Waals surface area contributed by atoms with Gasteiger partial charge in [-0.3, -0.25) is 0 Å².